The summed E-state index contributed by atoms with van der Waals surface area (Å²) in [5.74, 6) is -0.0251. The zero-order valence-electron chi connectivity index (χ0n) is 11.5. The van der Waals surface area contributed by atoms with Gasteiger partial charge in [0.05, 0.1) is 12.7 Å². The number of methoxy groups -OCH3 is 1. The SMILES string of the molecule is CCCNC(=O)C(C)NC(=O)c1ccccc1OC. The Labute approximate surface area is 113 Å². The van der Waals surface area contributed by atoms with E-state index >= 15 is 0 Å². The van der Waals surface area contributed by atoms with Crippen molar-refractivity contribution in [3.8, 4) is 5.75 Å². The topological polar surface area (TPSA) is 67.4 Å². The van der Waals surface area contributed by atoms with Crippen LogP contribution in [0, 0.1) is 0 Å². The molecule has 1 aromatic rings. The Morgan fingerprint density at radius 3 is 2.63 bits per heavy atom. The minimum absolute atomic E-state index is 0.190. The first-order chi connectivity index (χ1) is 9.10. The average molecular weight is 264 g/mol. The molecule has 0 heterocycles. The van der Waals surface area contributed by atoms with E-state index in [-0.39, 0.29) is 11.8 Å². The monoisotopic (exact) mass is 264 g/mol. The summed E-state index contributed by atoms with van der Waals surface area (Å²) >= 11 is 0. The highest BCUT2D eigenvalue weighted by Gasteiger charge is 2.18. The van der Waals surface area contributed by atoms with Gasteiger partial charge in [0.2, 0.25) is 5.91 Å². The molecule has 1 atom stereocenters. The van der Waals surface area contributed by atoms with Crippen LogP contribution in [0.15, 0.2) is 24.3 Å². The molecule has 0 aliphatic rings. The van der Waals surface area contributed by atoms with Crippen LogP contribution in [0.25, 0.3) is 0 Å². The molecule has 1 rings (SSSR count). The molecule has 19 heavy (non-hydrogen) atoms. The number of carbonyl (C=O) groups excluding carboxylic acids is 2. The third-order valence-electron chi connectivity index (χ3n) is 2.64. The second-order valence-corrected chi connectivity index (χ2v) is 4.19. The van der Waals surface area contributed by atoms with Crippen molar-refractivity contribution in [2.75, 3.05) is 13.7 Å². The maximum Gasteiger partial charge on any atom is 0.255 e. The normalized spacial score (nSPS) is 11.5. The Kier molecular flexibility index (Phi) is 5.85. The fourth-order valence-electron chi connectivity index (χ4n) is 1.57. The summed E-state index contributed by atoms with van der Waals surface area (Å²) in [4.78, 5) is 23.7. The van der Waals surface area contributed by atoms with Gasteiger partial charge in [-0.2, -0.15) is 0 Å². The summed E-state index contributed by atoms with van der Waals surface area (Å²) in [5.41, 5.74) is 0.417. The number of benzene rings is 1. The Hall–Kier alpha value is -2.04. The largest absolute Gasteiger partial charge is 0.496 e. The van der Waals surface area contributed by atoms with Gasteiger partial charge in [-0.3, -0.25) is 9.59 Å². The van der Waals surface area contributed by atoms with Crippen molar-refractivity contribution in [2.24, 2.45) is 0 Å². The van der Waals surface area contributed by atoms with Gasteiger partial charge in [0.1, 0.15) is 11.8 Å². The molecule has 0 saturated heterocycles. The first-order valence-electron chi connectivity index (χ1n) is 6.31. The number of carbonyl (C=O) groups is 2. The molecule has 0 fully saturated rings. The van der Waals surface area contributed by atoms with Crippen LogP contribution in [0.3, 0.4) is 0 Å². The zero-order chi connectivity index (χ0) is 14.3. The van der Waals surface area contributed by atoms with Gasteiger partial charge < -0.3 is 15.4 Å². The van der Waals surface area contributed by atoms with E-state index in [4.69, 9.17) is 4.74 Å². The smallest absolute Gasteiger partial charge is 0.255 e. The summed E-state index contributed by atoms with van der Waals surface area (Å²) in [6.45, 7) is 4.23. The third kappa shape index (κ3) is 4.28. The summed E-state index contributed by atoms with van der Waals surface area (Å²) in [6.07, 6.45) is 0.860. The highest BCUT2D eigenvalue weighted by molar-refractivity contribution is 5.99. The van der Waals surface area contributed by atoms with E-state index in [0.717, 1.165) is 6.42 Å². The molecule has 5 nitrogen and oxygen atoms in total. The highest BCUT2D eigenvalue weighted by atomic mass is 16.5. The quantitative estimate of drug-likeness (QED) is 0.814. The number of hydrogen-bond donors (Lipinski definition) is 2. The molecule has 104 valence electrons. The van der Waals surface area contributed by atoms with Crippen LogP contribution in [0.2, 0.25) is 0 Å². The Morgan fingerprint density at radius 1 is 1.32 bits per heavy atom. The van der Waals surface area contributed by atoms with Gasteiger partial charge in [0.15, 0.2) is 0 Å². The molecule has 1 unspecified atom stereocenters. The lowest BCUT2D eigenvalue weighted by molar-refractivity contribution is -0.122. The molecule has 0 radical (unpaired) electrons. The van der Waals surface area contributed by atoms with Crippen LogP contribution >= 0.6 is 0 Å². The lowest BCUT2D eigenvalue weighted by atomic mass is 10.1. The molecule has 0 bridgehead atoms. The number of hydrogen-bond acceptors (Lipinski definition) is 3. The van der Waals surface area contributed by atoms with Gasteiger partial charge >= 0.3 is 0 Å². The van der Waals surface area contributed by atoms with Crippen LogP contribution < -0.4 is 15.4 Å². The number of ether oxygens (including phenoxy) is 1. The molecule has 0 aliphatic heterocycles. The molecule has 0 spiro atoms. The van der Waals surface area contributed by atoms with Crippen molar-refractivity contribution in [1.82, 2.24) is 10.6 Å². The van der Waals surface area contributed by atoms with Crippen LogP contribution in [-0.4, -0.2) is 31.5 Å². The maximum absolute atomic E-state index is 12.0. The molecule has 0 saturated carbocycles. The molecule has 5 heteroatoms. The van der Waals surface area contributed by atoms with Crippen molar-refractivity contribution >= 4 is 11.8 Å². The minimum Gasteiger partial charge on any atom is -0.496 e. The van der Waals surface area contributed by atoms with Gasteiger partial charge in [-0.25, -0.2) is 0 Å². The molecule has 0 aliphatic carbocycles. The predicted octanol–water partition coefficient (Wildman–Crippen LogP) is 1.34. The van der Waals surface area contributed by atoms with Gasteiger partial charge in [-0.1, -0.05) is 19.1 Å². The van der Waals surface area contributed by atoms with E-state index in [1.54, 1.807) is 31.2 Å². The van der Waals surface area contributed by atoms with E-state index in [0.29, 0.717) is 17.9 Å². The van der Waals surface area contributed by atoms with Gasteiger partial charge in [0, 0.05) is 6.54 Å². The highest BCUT2D eigenvalue weighted by Crippen LogP contribution is 2.16. The van der Waals surface area contributed by atoms with Crippen molar-refractivity contribution in [2.45, 2.75) is 26.3 Å². The van der Waals surface area contributed by atoms with Crippen LogP contribution in [0.1, 0.15) is 30.6 Å². The molecular weight excluding hydrogens is 244 g/mol. The van der Waals surface area contributed by atoms with Crippen molar-refractivity contribution < 1.29 is 14.3 Å². The van der Waals surface area contributed by atoms with Gasteiger partial charge in [0.25, 0.3) is 5.91 Å². The van der Waals surface area contributed by atoms with E-state index in [2.05, 4.69) is 10.6 Å². The minimum atomic E-state index is -0.580. The molecule has 0 aromatic heterocycles. The van der Waals surface area contributed by atoms with Crippen LogP contribution in [0.4, 0.5) is 0 Å². The van der Waals surface area contributed by atoms with E-state index < -0.39 is 6.04 Å². The standard InChI is InChI=1S/C14H20N2O3/c1-4-9-15-13(17)10(2)16-14(18)11-7-5-6-8-12(11)19-3/h5-8,10H,4,9H2,1-3H3,(H,15,17)(H,16,18). The van der Waals surface area contributed by atoms with E-state index in [1.807, 2.05) is 6.92 Å². The molecule has 1 aromatic carbocycles. The van der Waals surface area contributed by atoms with Crippen molar-refractivity contribution in [3.63, 3.8) is 0 Å². The first-order valence-corrected chi connectivity index (χ1v) is 6.31. The van der Waals surface area contributed by atoms with Crippen molar-refractivity contribution in [3.05, 3.63) is 29.8 Å². The first kappa shape index (κ1) is 15.0. The Bertz CT molecular complexity index is 446. The predicted molar refractivity (Wildman–Crippen MR) is 73.2 cm³/mol. The second-order valence-electron chi connectivity index (χ2n) is 4.19. The molecular formula is C14H20N2O3. The Balaban J connectivity index is 2.66. The summed E-state index contributed by atoms with van der Waals surface area (Å²) in [7, 11) is 1.50. The summed E-state index contributed by atoms with van der Waals surface area (Å²) in [6, 6.07) is 6.32. The van der Waals surface area contributed by atoms with Gasteiger partial charge in [-0.05, 0) is 25.5 Å². The summed E-state index contributed by atoms with van der Waals surface area (Å²) in [5, 5.41) is 5.38. The third-order valence-corrected chi connectivity index (χ3v) is 2.64. The maximum atomic E-state index is 12.0. The number of nitrogens with one attached hydrogen (secondary N) is 2. The van der Waals surface area contributed by atoms with E-state index in [9.17, 15) is 9.59 Å². The average Bonchev–Trinajstić information content (AvgIpc) is 2.44. The van der Waals surface area contributed by atoms with Crippen LogP contribution in [0.5, 0.6) is 5.75 Å². The van der Waals surface area contributed by atoms with Crippen LogP contribution in [-0.2, 0) is 4.79 Å². The zero-order valence-corrected chi connectivity index (χ0v) is 11.5. The number of amides is 2. The second kappa shape index (κ2) is 7.41. The Morgan fingerprint density at radius 2 is 2.00 bits per heavy atom. The van der Waals surface area contributed by atoms with E-state index in [1.165, 1.54) is 7.11 Å². The molecule has 2 amide bonds. The molecule has 2 N–H and O–H groups in total. The number of para-hydroxylation sites is 1. The summed E-state index contributed by atoms with van der Waals surface area (Å²) < 4.78 is 5.11. The van der Waals surface area contributed by atoms with Gasteiger partial charge in [-0.15, -0.1) is 0 Å². The lowest BCUT2D eigenvalue weighted by Gasteiger charge is -2.15. The fourth-order valence-corrected chi connectivity index (χ4v) is 1.57. The van der Waals surface area contributed by atoms with Crippen molar-refractivity contribution in [1.29, 1.82) is 0 Å². The number of rotatable bonds is 6. The fraction of sp³-hybridized carbons (Fsp3) is 0.429. The lowest BCUT2D eigenvalue weighted by Crippen LogP contribution is -2.45.